The molecule has 0 fully saturated rings. The third-order valence-corrected chi connectivity index (χ3v) is 3.43. The fourth-order valence-electron chi connectivity index (χ4n) is 2.40. The van der Waals surface area contributed by atoms with Crippen LogP contribution in [0.3, 0.4) is 0 Å². The largest absolute Gasteiger partial charge is 0.380 e. The minimum Gasteiger partial charge on any atom is -0.380 e. The second kappa shape index (κ2) is 5.79. The van der Waals surface area contributed by atoms with Crippen molar-refractivity contribution in [2.24, 2.45) is 0 Å². The fraction of sp³-hybridized carbons (Fsp3) is 0.176. The number of aromatic nitrogens is 2. The summed E-state index contributed by atoms with van der Waals surface area (Å²) in [7, 11) is 4.03. The molecule has 0 saturated heterocycles. The van der Waals surface area contributed by atoms with Crippen molar-refractivity contribution in [2.45, 2.75) is 6.54 Å². The summed E-state index contributed by atoms with van der Waals surface area (Å²) in [5.74, 6) is 0.977. The third-order valence-electron chi connectivity index (χ3n) is 3.43. The van der Waals surface area contributed by atoms with Crippen molar-refractivity contribution in [3.63, 3.8) is 0 Å². The van der Waals surface area contributed by atoms with Crippen molar-refractivity contribution in [1.29, 1.82) is 0 Å². The van der Waals surface area contributed by atoms with E-state index in [1.165, 1.54) is 10.9 Å². The van der Waals surface area contributed by atoms with Gasteiger partial charge in [-0.1, -0.05) is 12.1 Å². The Balaban J connectivity index is 1.98. The van der Waals surface area contributed by atoms with E-state index in [4.69, 9.17) is 0 Å². The van der Waals surface area contributed by atoms with Crippen LogP contribution in [0.25, 0.3) is 10.8 Å². The van der Waals surface area contributed by atoms with Gasteiger partial charge < -0.3 is 10.2 Å². The zero-order valence-corrected chi connectivity index (χ0v) is 12.2. The fourth-order valence-corrected chi connectivity index (χ4v) is 2.40. The molecule has 0 unspecified atom stereocenters. The molecule has 0 aliphatic rings. The lowest BCUT2D eigenvalue weighted by molar-refractivity contribution is 1.08. The van der Waals surface area contributed by atoms with E-state index < -0.39 is 0 Å². The van der Waals surface area contributed by atoms with Crippen LogP contribution in [-0.4, -0.2) is 24.1 Å². The molecule has 3 aromatic rings. The number of pyridine rings is 2. The quantitative estimate of drug-likeness (QED) is 0.795. The molecule has 21 heavy (non-hydrogen) atoms. The Morgan fingerprint density at radius 2 is 1.81 bits per heavy atom. The highest BCUT2D eigenvalue weighted by molar-refractivity contribution is 6.01. The summed E-state index contributed by atoms with van der Waals surface area (Å²) in [6.07, 6.45) is 5.48. The summed E-state index contributed by atoms with van der Waals surface area (Å²) in [5.41, 5.74) is 2.30. The lowest BCUT2D eigenvalue weighted by Crippen LogP contribution is -2.12. The maximum absolute atomic E-state index is 4.50. The van der Waals surface area contributed by atoms with Crippen molar-refractivity contribution >= 4 is 22.3 Å². The van der Waals surface area contributed by atoms with Crippen LogP contribution < -0.4 is 10.2 Å². The molecule has 0 atom stereocenters. The molecular weight excluding hydrogens is 260 g/mol. The SMILES string of the molecule is CN(C)c1nccc2cccc(NCc3ccncc3)c12. The van der Waals surface area contributed by atoms with Crippen LogP contribution >= 0.6 is 0 Å². The minimum atomic E-state index is 0.767. The van der Waals surface area contributed by atoms with Gasteiger partial charge in [-0.25, -0.2) is 4.98 Å². The van der Waals surface area contributed by atoms with E-state index in [0.717, 1.165) is 23.4 Å². The van der Waals surface area contributed by atoms with Crippen LogP contribution in [0.2, 0.25) is 0 Å². The first kappa shape index (κ1) is 13.4. The zero-order chi connectivity index (χ0) is 14.7. The highest BCUT2D eigenvalue weighted by Gasteiger charge is 2.09. The number of hydrogen-bond donors (Lipinski definition) is 1. The molecule has 0 radical (unpaired) electrons. The summed E-state index contributed by atoms with van der Waals surface area (Å²) in [6, 6.07) is 12.4. The summed E-state index contributed by atoms with van der Waals surface area (Å²) < 4.78 is 0. The Morgan fingerprint density at radius 1 is 1.00 bits per heavy atom. The molecule has 1 N–H and O–H groups in total. The summed E-state index contributed by atoms with van der Waals surface area (Å²) in [5, 5.41) is 5.85. The molecule has 4 heteroatoms. The Morgan fingerprint density at radius 3 is 2.57 bits per heavy atom. The Kier molecular flexibility index (Phi) is 3.69. The molecule has 0 spiro atoms. The molecule has 2 aromatic heterocycles. The van der Waals surface area contributed by atoms with Crippen molar-refractivity contribution in [2.75, 3.05) is 24.3 Å². The molecule has 3 rings (SSSR count). The lowest BCUT2D eigenvalue weighted by Gasteiger charge is -2.17. The molecule has 106 valence electrons. The third kappa shape index (κ3) is 2.79. The van der Waals surface area contributed by atoms with Gasteiger partial charge in [0.05, 0.1) is 0 Å². The first-order chi connectivity index (χ1) is 10.3. The van der Waals surface area contributed by atoms with E-state index in [1.807, 2.05) is 55.8 Å². The van der Waals surface area contributed by atoms with Gasteiger partial charge in [0.15, 0.2) is 0 Å². The molecule has 0 amide bonds. The number of hydrogen-bond acceptors (Lipinski definition) is 4. The van der Waals surface area contributed by atoms with E-state index in [0.29, 0.717) is 0 Å². The second-order valence-corrected chi connectivity index (χ2v) is 5.14. The maximum Gasteiger partial charge on any atom is 0.137 e. The van der Waals surface area contributed by atoms with Gasteiger partial charge in [-0.3, -0.25) is 4.98 Å². The average molecular weight is 278 g/mol. The number of nitrogens with one attached hydrogen (secondary N) is 1. The van der Waals surface area contributed by atoms with Gasteiger partial charge in [-0.15, -0.1) is 0 Å². The summed E-state index contributed by atoms with van der Waals surface area (Å²) in [4.78, 5) is 10.6. The second-order valence-electron chi connectivity index (χ2n) is 5.14. The lowest BCUT2D eigenvalue weighted by atomic mass is 10.1. The zero-order valence-electron chi connectivity index (χ0n) is 12.2. The molecule has 4 nitrogen and oxygen atoms in total. The number of anilines is 2. The van der Waals surface area contributed by atoms with E-state index in [2.05, 4.69) is 33.5 Å². The van der Waals surface area contributed by atoms with Gasteiger partial charge in [0, 0.05) is 50.3 Å². The average Bonchev–Trinajstić information content (AvgIpc) is 2.53. The van der Waals surface area contributed by atoms with Crippen molar-refractivity contribution < 1.29 is 0 Å². The van der Waals surface area contributed by atoms with Crippen LogP contribution in [0.1, 0.15) is 5.56 Å². The number of rotatable bonds is 4. The van der Waals surface area contributed by atoms with Crippen LogP contribution in [0, 0.1) is 0 Å². The monoisotopic (exact) mass is 278 g/mol. The van der Waals surface area contributed by atoms with Gasteiger partial charge in [0.25, 0.3) is 0 Å². The van der Waals surface area contributed by atoms with Gasteiger partial charge in [0.2, 0.25) is 0 Å². The highest BCUT2D eigenvalue weighted by Crippen LogP contribution is 2.30. The molecule has 0 saturated carbocycles. The molecular formula is C17H18N4. The summed E-state index contributed by atoms with van der Waals surface area (Å²) >= 11 is 0. The molecule has 2 heterocycles. The first-order valence-electron chi connectivity index (χ1n) is 6.93. The van der Waals surface area contributed by atoms with Crippen LogP contribution in [0.15, 0.2) is 55.0 Å². The predicted octanol–water partition coefficient (Wildman–Crippen LogP) is 3.31. The van der Waals surface area contributed by atoms with Crippen LogP contribution in [0.4, 0.5) is 11.5 Å². The maximum atomic E-state index is 4.50. The number of fused-ring (bicyclic) bond motifs is 1. The van der Waals surface area contributed by atoms with E-state index >= 15 is 0 Å². The number of benzene rings is 1. The predicted molar refractivity (Wildman–Crippen MR) is 87.6 cm³/mol. The Labute approximate surface area is 124 Å². The topological polar surface area (TPSA) is 41.1 Å². The van der Waals surface area contributed by atoms with Gasteiger partial charge >= 0.3 is 0 Å². The van der Waals surface area contributed by atoms with Crippen molar-refractivity contribution in [3.05, 3.63) is 60.6 Å². The first-order valence-corrected chi connectivity index (χ1v) is 6.93. The van der Waals surface area contributed by atoms with E-state index in [1.54, 1.807) is 0 Å². The van der Waals surface area contributed by atoms with Crippen LogP contribution in [-0.2, 0) is 6.54 Å². The van der Waals surface area contributed by atoms with Crippen LogP contribution in [0.5, 0.6) is 0 Å². The van der Waals surface area contributed by atoms with Crippen molar-refractivity contribution in [3.8, 4) is 0 Å². The summed E-state index contributed by atoms with van der Waals surface area (Å²) in [6.45, 7) is 0.767. The Bertz CT molecular complexity index is 733. The highest BCUT2D eigenvalue weighted by atomic mass is 15.1. The molecule has 0 bridgehead atoms. The van der Waals surface area contributed by atoms with Gasteiger partial charge in [-0.2, -0.15) is 0 Å². The van der Waals surface area contributed by atoms with Gasteiger partial charge in [0.1, 0.15) is 5.82 Å². The van der Waals surface area contributed by atoms with E-state index in [9.17, 15) is 0 Å². The molecule has 1 aromatic carbocycles. The molecule has 0 aliphatic heterocycles. The van der Waals surface area contributed by atoms with Gasteiger partial charge in [-0.05, 0) is 35.2 Å². The standard InChI is InChI=1S/C17H18N4/c1-21(2)17-16-14(8-11-19-17)4-3-5-15(16)20-12-13-6-9-18-10-7-13/h3-11,20H,12H2,1-2H3. The number of nitrogens with zero attached hydrogens (tertiary/aromatic N) is 3. The van der Waals surface area contributed by atoms with E-state index in [-0.39, 0.29) is 0 Å². The molecule has 0 aliphatic carbocycles. The Hall–Kier alpha value is -2.62. The smallest absolute Gasteiger partial charge is 0.137 e. The van der Waals surface area contributed by atoms with Crippen molar-refractivity contribution in [1.82, 2.24) is 9.97 Å². The minimum absolute atomic E-state index is 0.767. The normalized spacial score (nSPS) is 10.6.